The lowest BCUT2D eigenvalue weighted by atomic mass is 10.1. The van der Waals surface area contributed by atoms with Gasteiger partial charge in [-0.2, -0.15) is 0 Å². The molecule has 0 amide bonds. The van der Waals surface area contributed by atoms with Crippen LogP contribution in [0, 0.1) is 0 Å². The van der Waals surface area contributed by atoms with Gasteiger partial charge >= 0.3 is 0 Å². The molecule has 26 heavy (non-hydrogen) atoms. The van der Waals surface area contributed by atoms with Crippen LogP contribution >= 0.6 is 34.5 Å². The second-order valence-electron chi connectivity index (χ2n) is 5.93. The van der Waals surface area contributed by atoms with Crippen LogP contribution in [0.25, 0.3) is 21.0 Å². The van der Waals surface area contributed by atoms with Crippen molar-refractivity contribution in [2.45, 2.75) is 13.5 Å². The number of aromatic nitrogens is 1. The van der Waals surface area contributed by atoms with Crippen LogP contribution in [0.15, 0.2) is 48.5 Å². The van der Waals surface area contributed by atoms with E-state index in [0.717, 1.165) is 45.4 Å². The fraction of sp³-hybridized carbons (Fsp3) is 0.150. The highest BCUT2D eigenvalue weighted by Crippen LogP contribution is 2.37. The van der Waals surface area contributed by atoms with E-state index in [-0.39, 0.29) is 0 Å². The molecule has 0 aliphatic rings. The molecule has 6 heteroatoms. The van der Waals surface area contributed by atoms with Crippen LogP contribution in [-0.4, -0.2) is 11.5 Å². The van der Waals surface area contributed by atoms with Gasteiger partial charge in [0.15, 0.2) is 0 Å². The molecule has 4 aromatic rings. The third kappa shape index (κ3) is 3.64. The van der Waals surface area contributed by atoms with Gasteiger partial charge in [0.2, 0.25) is 0 Å². The Bertz CT molecular complexity index is 1090. The molecule has 1 aromatic heterocycles. The van der Waals surface area contributed by atoms with Gasteiger partial charge in [0.05, 0.1) is 10.2 Å². The molecule has 0 saturated carbocycles. The summed E-state index contributed by atoms with van der Waals surface area (Å²) < 4.78 is 7.21. The fourth-order valence-electron chi connectivity index (χ4n) is 2.83. The van der Waals surface area contributed by atoms with Gasteiger partial charge in [0.25, 0.3) is 5.19 Å². The van der Waals surface area contributed by atoms with Crippen molar-refractivity contribution in [3.63, 3.8) is 0 Å². The SMILES string of the molecule is CCNCc1cc(Oc2nc3cc(Cl)ccc3s2)c2cc(Cl)ccc2c1. The summed E-state index contributed by atoms with van der Waals surface area (Å²) in [4.78, 5) is 4.55. The Labute approximate surface area is 165 Å². The minimum Gasteiger partial charge on any atom is -0.430 e. The number of hydrogen-bond donors (Lipinski definition) is 1. The first-order valence-corrected chi connectivity index (χ1v) is 9.86. The largest absolute Gasteiger partial charge is 0.430 e. The summed E-state index contributed by atoms with van der Waals surface area (Å²) in [6, 6.07) is 15.7. The van der Waals surface area contributed by atoms with E-state index in [1.165, 1.54) is 11.3 Å². The highest BCUT2D eigenvalue weighted by molar-refractivity contribution is 7.20. The number of benzene rings is 3. The van der Waals surface area contributed by atoms with Gasteiger partial charge in [0.1, 0.15) is 5.75 Å². The second-order valence-corrected chi connectivity index (χ2v) is 7.80. The van der Waals surface area contributed by atoms with Crippen LogP contribution in [0.3, 0.4) is 0 Å². The minimum absolute atomic E-state index is 0.587. The summed E-state index contributed by atoms with van der Waals surface area (Å²) in [6.45, 7) is 3.78. The van der Waals surface area contributed by atoms with E-state index in [9.17, 15) is 0 Å². The lowest BCUT2D eigenvalue weighted by Gasteiger charge is -2.11. The lowest BCUT2D eigenvalue weighted by Crippen LogP contribution is -2.11. The Hall–Kier alpha value is -1.85. The normalized spacial score (nSPS) is 11.3. The highest BCUT2D eigenvalue weighted by atomic mass is 35.5. The molecule has 0 unspecified atom stereocenters. The number of fused-ring (bicyclic) bond motifs is 2. The number of ether oxygens (including phenoxy) is 1. The van der Waals surface area contributed by atoms with E-state index in [2.05, 4.69) is 23.3 Å². The van der Waals surface area contributed by atoms with E-state index in [4.69, 9.17) is 27.9 Å². The Kier molecular flexibility index (Phi) is 5.00. The van der Waals surface area contributed by atoms with Crippen LogP contribution in [0.5, 0.6) is 10.9 Å². The molecule has 0 spiro atoms. The zero-order valence-corrected chi connectivity index (χ0v) is 16.4. The van der Waals surface area contributed by atoms with E-state index in [1.807, 2.05) is 42.5 Å². The highest BCUT2D eigenvalue weighted by Gasteiger charge is 2.11. The van der Waals surface area contributed by atoms with E-state index >= 15 is 0 Å². The molecule has 132 valence electrons. The molecule has 3 nitrogen and oxygen atoms in total. The van der Waals surface area contributed by atoms with Gasteiger partial charge in [-0.25, -0.2) is 4.98 Å². The van der Waals surface area contributed by atoms with Crippen LogP contribution < -0.4 is 10.1 Å². The fourth-order valence-corrected chi connectivity index (χ4v) is 3.98. The molecule has 0 radical (unpaired) electrons. The van der Waals surface area contributed by atoms with E-state index in [0.29, 0.717) is 15.2 Å². The average Bonchev–Trinajstić information content (AvgIpc) is 3.01. The molecule has 4 rings (SSSR count). The van der Waals surface area contributed by atoms with Gasteiger partial charge in [-0.3, -0.25) is 0 Å². The average molecular weight is 403 g/mol. The molecule has 0 bridgehead atoms. The maximum atomic E-state index is 6.20. The summed E-state index contributed by atoms with van der Waals surface area (Å²) in [5, 5.41) is 7.34. The smallest absolute Gasteiger partial charge is 0.279 e. The van der Waals surface area contributed by atoms with Crippen molar-refractivity contribution in [2.24, 2.45) is 0 Å². The minimum atomic E-state index is 0.587. The van der Waals surface area contributed by atoms with Gasteiger partial charge in [0, 0.05) is 22.0 Å². The molecule has 0 atom stereocenters. The van der Waals surface area contributed by atoms with Crippen molar-refractivity contribution in [3.8, 4) is 10.9 Å². The number of nitrogens with one attached hydrogen (secondary N) is 1. The topological polar surface area (TPSA) is 34.1 Å². The van der Waals surface area contributed by atoms with Crippen molar-refractivity contribution >= 4 is 55.5 Å². The summed E-state index contributed by atoms with van der Waals surface area (Å²) in [5.41, 5.74) is 1.99. The van der Waals surface area contributed by atoms with Crippen LogP contribution in [0.2, 0.25) is 10.0 Å². The van der Waals surface area contributed by atoms with Gasteiger partial charge in [-0.1, -0.05) is 47.5 Å². The molecular formula is C20H16Cl2N2OS. The zero-order valence-electron chi connectivity index (χ0n) is 14.1. The van der Waals surface area contributed by atoms with Crippen molar-refractivity contribution < 1.29 is 4.74 Å². The first kappa shape index (κ1) is 17.6. The maximum absolute atomic E-state index is 6.20. The molecule has 1 N–H and O–H groups in total. The molecule has 0 saturated heterocycles. The van der Waals surface area contributed by atoms with Gasteiger partial charge in [-0.05, 0) is 60.0 Å². The van der Waals surface area contributed by atoms with Crippen molar-refractivity contribution in [1.29, 1.82) is 0 Å². The second kappa shape index (κ2) is 7.41. The number of thiazole rings is 1. The van der Waals surface area contributed by atoms with Crippen LogP contribution in [-0.2, 0) is 6.54 Å². The molecule has 0 aliphatic heterocycles. The van der Waals surface area contributed by atoms with Crippen molar-refractivity contribution in [3.05, 3.63) is 64.1 Å². The third-order valence-corrected chi connectivity index (χ3v) is 5.43. The monoisotopic (exact) mass is 402 g/mol. The molecule has 0 aliphatic carbocycles. The molecule has 3 aromatic carbocycles. The predicted octanol–water partition coefficient (Wildman–Crippen LogP) is 6.66. The van der Waals surface area contributed by atoms with Gasteiger partial charge < -0.3 is 10.1 Å². The van der Waals surface area contributed by atoms with Crippen molar-refractivity contribution in [2.75, 3.05) is 6.54 Å². The first-order valence-electron chi connectivity index (χ1n) is 8.29. The first-order chi connectivity index (χ1) is 12.6. The standard InChI is InChI=1S/C20H16Cl2N2OS/c1-2-23-11-12-7-13-3-4-14(21)9-16(13)18(8-12)25-20-24-17-10-15(22)5-6-19(17)26-20/h3-10,23H,2,11H2,1H3. The third-order valence-electron chi connectivity index (χ3n) is 4.04. The summed E-state index contributed by atoms with van der Waals surface area (Å²) in [7, 11) is 0. The molecular weight excluding hydrogens is 387 g/mol. The predicted molar refractivity (Wildman–Crippen MR) is 111 cm³/mol. The number of hydrogen-bond acceptors (Lipinski definition) is 4. The quantitative estimate of drug-likeness (QED) is 0.405. The Morgan fingerprint density at radius 3 is 2.69 bits per heavy atom. The maximum Gasteiger partial charge on any atom is 0.279 e. The number of halogens is 2. The van der Waals surface area contributed by atoms with Crippen LogP contribution in [0.4, 0.5) is 0 Å². The lowest BCUT2D eigenvalue weighted by molar-refractivity contribution is 0.485. The Morgan fingerprint density at radius 2 is 1.85 bits per heavy atom. The van der Waals surface area contributed by atoms with E-state index in [1.54, 1.807) is 0 Å². The zero-order chi connectivity index (χ0) is 18.1. The number of rotatable bonds is 5. The van der Waals surface area contributed by atoms with Crippen LogP contribution in [0.1, 0.15) is 12.5 Å². The van der Waals surface area contributed by atoms with Gasteiger partial charge in [-0.15, -0.1) is 0 Å². The summed E-state index contributed by atoms with van der Waals surface area (Å²) in [6.07, 6.45) is 0. The van der Waals surface area contributed by atoms with Crippen molar-refractivity contribution in [1.82, 2.24) is 10.3 Å². The molecule has 1 heterocycles. The van der Waals surface area contributed by atoms with E-state index < -0.39 is 0 Å². The Morgan fingerprint density at radius 1 is 1.04 bits per heavy atom. The summed E-state index contributed by atoms with van der Waals surface area (Å²) >= 11 is 13.8. The molecule has 0 fully saturated rings. The number of nitrogens with zero attached hydrogens (tertiary/aromatic N) is 1. The summed E-state index contributed by atoms with van der Waals surface area (Å²) in [5.74, 6) is 0.753. The Balaban J connectivity index is 1.78.